The van der Waals surface area contributed by atoms with E-state index < -0.39 is 0 Å². The zero-order valence-corrected chi connectivity index (χ0v) is 5.40. The average Bonchev–Trinajstić information content (AvgIpc) is 1.65. The standard InChI is InChI=1S/C6H7ClO/c1-3-6(7)4-5(2)8/h3-4H,1H2,2H3/b6-4-. The molecule has 8 heavy (non-hydrogen) atoms. The molecule has 0 N–H and O–H groups in total. The second-order valence-corrected chi connectivity index (χ2v) is 1.78. The molecule has 0 radical (unpaired) electrons. The lowest BCUT2D eigenvalue weighted by molar-refractivity contribution is -0.112. The van der Waals surface area contributed by atoms with Crippen molar-refractivity contribution >= 4 is 17.4 Å². The second kappa shape index (κ2) is 3.44. The van der Waals surface area contributed by atoms with Crippen molar-refractivity contribution in [1.82, 2.24) is 0 Å². The number of carbonyl (C=O) groups is 1. The van der Waals surface area contributed by atoms with Crippen LogP contribution in [0.5, 0.6) is 0 Å². The topological polar surface area (TPSA) is 17.1 Å². The van der Waals surface area contributed by atoms with Gasteiger partial charge in [-0.3, -0.25) is 4.79 Å². The van der Waals surface area contributed by atoms with E-state index in [1.165, 1.54) is 19.1 Å². The van der Waals surface area contributed by atoms with E-state index in [9.17, 15) is 4.79 Å². The van der Waals surface area contributed by atoms with Gasteiger partial charge < -0.3 is 0 Å². The molecule has 0 unspecified atom stereocenters. The van der Waals surface area contributed by atoms with Crippen LogP contribution in [0.2, 0.25) is 0 Å². The minimum atomic E-state index is -0.0603. The number of allylic oxidation sites excluding steroid dienone is 3. The fourth-order valence-corrected chi connectivity index (χ4v) is 0.407. The van der Waals surface area contributed by atoms with Gasteiger partial charge in [-0.15, -0.1) is 0 Å². The maximum absolute atomic E-state index is 10.2. The van der Waals surface area contributed by atoms with Crippen molar-refractivity contribution < 1.29 is 4.79 Å². The number of hydrogen-bond acceptors (Lipinski definition) is 1. The summed E-state index contributed by atoms with van der Waals surface area (Å²) in [4.78, 5) is 10.2. The van der Waals surface area contributed by atoms with Gasteiger partial charge in [0.25, 0.3) is 0 Å². The van der Waals surface area contributed by atoms with E-state index in [-0.39, 0.29) is 5.78 Å². The minimum absolute atomic E-state index is 0.0603. The smallest absolute Gasteiger partial charge is 0.154 e. The van der Waals surface area contributed by atoms with E-state index in [4.69, 9.17) is 11.6 Å². The molecule has 0 aromatic carbocycles. The van der Waals surface area contributed by atoms with Crippen molar-refractivity contribution in [1.29, 1.82) is 0 Å². The quantitative estimate of drug-likeness (QED) is 0.412. The van der Waals surface area contributed by atoms with Gasteiger partial charge in [0.2, 0.25) is 0 Å². The molecule has 1 nitrogen and oxygen atoms in total. The Balaban J connectivity index is 3.94. The third-order valence-electron chi connectivity index (χ3n) is 0.536. The van der Waals surface area contributed by atoms with Gasteiger partial charge in [0.1, 0.15) is 0 Å². The van der Waals surface area contributed by atoms with Crippen molar-refractivity contribution in [2.75, 3.05) is 0 Å². The molecule has 0 amide bonds. The molecular formula is C6H7ClO. The summed E-state index contributed by atoms with van der Waals surface area (Å²) in [5.41, 5.74) is 0. The van der Waals surface area contributed by atoms with Crippen molar-refractivity contribution in [3.63, 3.8) is 0 Å². The van der Waals surface area contributed by atoms with E-state index in [1.807, 2.05) is 0 Å². The summed E-state index contributed by atoms with van der Waals surface area (Å²) in [6, 6.07) is 0. The summed E-state index contributed by atoms with van der Waals surface area (Å²) in [6.07, 6.45) is 2.73. The molecular weight excluding hydrogens is 124 g/mol. The molecule has 0 saturated heterocycles. The van der Waals surface area contributed by atoms with Crippen LogP contribution in [0.25, 0.3) is 0 Å². The molecule has 0 saturated carbocycles. The van der Waals surface area contributed by atoms with Crippen LogP contribution < -0.4 is 0 Å². The molecule has 0 aromatic heterocycles. The lowest BCUT2D eigenvalue weighted by Crippen LogP contribution is -1.80. The summed E-state index contributed by atoms with van der Waals surface area (Å²) in [6.45, 7) is 4.80. The monoisotopic (exact) mass is 130 g/mol. The third-order valence-corrected chi connectivity index (χ3v) is 0.800. The fraction of sp³-hybridized carbons (Fsp3) is 0.167. The summed E-state index contributed by atoms with van der Waals surface area (Å²) < 4.78 is 0. The number of ketones is 1. The highest BCUT2D eigenvalue weighted by Crippen LogP contribution is 1.99. The molecule has 0 spiro atoms. The van der Waals surface area contributed by atoms with Crippen molar-refractivity contribution in [2.45, 2.75) is 6.92 Å². The largest absolute Gasteiger partial charge is 0.295 e. The van der Waals surface area contributed by atoms with Gasteiger partial charge in [0, 0.05) is 5.03 Å². The van der Waals surface area contributed by atoms with Gasteiger partial charge in [-0.25, -0.2) is 0 Å². The van der Waals surface area contributed by atoms with Crippen LogP contribution in [0.4, 0.5) is 0 Å². The summed E-state index contributed by atoms with van der Waals surface area (Å²) in [7, 11) is 0. The van der Waals surface area contributed by atoms with E-state index in [0.29, 0.717) is 5.03 Å². The van der Waals surface area contributed by atoms with Crippen molar-refractivity contribution in [2.24, 2.45) is 0 Å². The van der Waals surface area contributed by atoms with Crippen LogP contribution in [0.15, 0.2) is 23.8 Å². The molecule has 0 heterocycles. The Bertz CT molecular complexity index is 135. The maximum Gasteiger partial charge on any atom is 0.154 e. The lowest BCUT2D eigenvalue weighted by atomic mass is 10.4. The molecule has 0 aromatic rings. The van der Waals surface area contributed by atoms with E-state index in [0.717, 1.165) is 0 Å². The first-order valence-electron chi connectivity index (χ1n) is 2.17. The van der Waals surface area contributed by atoms with Crippen LogP contribution in [0, 0.1) is 0 Å². The van der Waals surface area contributed by atoms with Gasteiger partial charge >= 0.3 is 0 Å². The highest BCUT2D eigenvalue weighted by molar-refractivity contribution is 6.32. The molecule has 44 valence electrons. The van der Waals surface area contributed by atoms with Crippen LogP contribution in [-0.4, -0.2) is 5.78 Å². The van der Waals surface area contributed by atoms with E-state index >= 15 is 0 Å². The number of halogens is 1. The normalized spacial score (nSPS) is 11.0. The lowest BCUT2D eigenvalue weighted by Gasteiger charge is -1.80. The third kappa shape index (κ3) is 3.62. The van der Waals surface area contributed by atoms with Crippen LogP contribution in [0.1, 0.15) is 6.92 Å². The van der Waals surface area contributed by atoms with Crippen LogP contribution in [-0.2, 0) is 4.79 Å². The number of hydrogen-bond donors (Lipinski definition) is 0. The van der Waals surface area contributed by atoms with E-state index in [2.05, 4.69) is 6.58 Å². The number of carbonyl (C=O) groups excluding carboxylic acids is 1. The van der Waals surface area contributed by atoms with Crippen LogP contribution in [0.3, 0.4) is 0 Å². The summed E-state index contributed by atoms with van der Waals surface area (Å²) in [5, 5.41) is 0.387. The zero-order valence-electron chi connectivity index (χ0n) is 4.65. The Morgan fingerprint density at radius 3 is 2.38 bits per heavy atom. The summed E-state index contributed by atoms with van der Waals surface area (Å²) >= 11 is 5.38. The molecule has 0 aliphatic carbocycles. The molecule has 2 heteroatoms. The Hall–Kier alpha value is -0.560. The molecule has 0 aliphatic rings. The Morgan fingerprint density at radius 2 is 2.25 bits per heavy atom. The van der Waals surface area contributed by atoms with E-state index in [1.54, 1.807) is 0 Å². The predicted molar refractivity (Wildman–Crippen MR) is 34.8 cm³/mol. The Kier molecular flexibility index (Phi) is 3.20. The SMILES string of the molecule is C=C/C(Cl)=C/C(C)=O. The van der Waals surface area contributed by atoms with Gasteiger partial charge in [0.15, 0.2) is 5.78 Å². The minimum Gasteiger partial charge on any atom is -0.295 e. The van der Waals surface area contributed by atoms with Crippen molar-refractivity contribution in [3.05, 3.63) is 23.8 Å². The molecule has 0 atom stereocenters. The molecule has 0 rings (SSSR count). The summed E-state index contributed by atoms with van der Waals surface area (Å²) in [5.74, 6) is -0.0603. The molecule has 0 bridgehead atoms. The predicted octanol–water partition coefficient (Wildman–Crippen LogP) is 1.88. The first-order valence-corrected chi connectivity index (χ1v) is 2.55. The highest BCUT2D eigenvalue weighted by atomic mass is 35.5. The second-order valence-electron chi connectivity index (χ2n) is 1.34. The fourth-order valence-electron chi connectivity index (χ4n) is 0.253. The average molecular weight is 131 g/mol. The van der Waals surface area contributed by atoms with Gasteiger partial charge in [-0.05, 0) is 13.0 Å². The first kappa shape index (κ1) is 7.44. The van der Waals surface area contributed by atoms with Crippen LogP contribution >= 0.6 is 11.6 Å². The Morgan fingerprint density at radius 1 is 1.75 bits per heavy atom. The molecule has 0 aliphatic heterocycles. The van der Waals surface area contributed by atoms with Gasteiger partial charge in [-0.1, -0.05) is 24.3 Å². The van der Waals surface area contributed by atoms with Gasteiger partial charge in [0.05, 0.1) is 0 Å². The maximum atomic E-state index is 10.2. The van der Waals surface area contributed by atoms with Crippen molar-refractivity contribution in [3.8, 4) is 0 Å². The van der Waals surface area contributed by atoms with Gasteiger partial charge in [-0.2, -0.15) is 0 Å². The first-order chi connectivity index (χ1) is 3.66. The zero-order chi connectivity index (χ0) is 6.57. The highest BCUT2D eigenvalue weighted by Gasteiger charge is 1.85. The Labute approximate surface area is 53.6 Å². The molecule has 0 fully saturated rings. The number of rotatable bonds is 2.